The van der Waals surface area contributed by atoms with E-state index >= 15 is 0 Å². The van der Waals surface area contributed by atoms with Gasteiger partial charge in [-0.3, -0.25) is 4.79 Å². The first-order valence-electron chi connectivity index (χ1n) is 8.54. The zero-order valence-corrected chi connectivity index (χ0v) is 14.5. The molecule has 0 aliphatic carbocycles. The monoisotopic (exact) mass is 300 g/mol. The normalized spacial score (nSPS) is 11.8. The van der Waals surface area contributed by atoms with Crippen LogP contribution in [0.2, 0.25) is 12.6 Å². The number of benzene rings is 1. The largest absolute Gasteiger partial charge is 0.564 e. The second-order valence-electron chi connectivity index (χ2n) is 5.90. The molecule has 0 fully saturated rings. The molecule has 0 atom stereocenters. The summed E-state index contributed by atoms with van der Waals surface area (Å²) in [5, 5.41) is 0. The van der Waals surface area contributed by atoms with Crippen LogP contribution in [-0.2, 0) is 4.65 Å². The van der Waals surface area contributed by atoms with Crippen molar-refractivity contribution in [3.8, 4) is 0 Å². The summed E-state index contributed by atoms with van der Waals surface area (Å²) in [5.41, 5.74) is 1.44. The molecule has 0 saturated carbocycles. The van der Waals surface area contributed by atoms with Crippen LogP contribution in [0.15, 0.2) is 41.7 Å². The van der Waals surface area contributed by atoms with Crippen LogP contribution >= 0.6 is 0 Å². The van der Waals surface area contributed by atoms with E-state index in [0.717, 1.165) is 24.0 Å². The number of unbranched alkanes of at least 4 members (excludes halogenated alkanes) is 2. The summed E-state index contributed by atoms with van der Waals surface area (Å²) in [6, 6.07) is 9.41. The number of carbonyl (C=O) groups excluding carboxylic acids is 1. The number of hydrogen-bond donors (Lipinski definition) is 0. The average Bonchev–Trinajstić information content (AvgIpc) is 2.56. The van der Waals surface area contributed by atoms with E-state index in [0.29, 0.717) is 5.57 Å². The minimum atomic E-state index is 0.0582. The lowest BCUT2D eigenvalue weighted by Gasteiger charge is -2.18. The smallest absolute Gasteiger partial charge is 0.357 e. The standard InChI is InChI=1S/C19H29BO2/c1-5-7-14-20(15-8-6-2)22-17(4)16(3)19(21)18-12-10-9-11-13-18/h9-13H,5-8,14-15H2,1-4H3. The van der Waals surface area contributed by atoms with Gasteiger partial charge in [-0.05, 0) is 26.5 Å². The molecule has 22 heavy (non-hydrogen) atoms. The molecule has 0 radical (unpaired) electrons. The number of hydrogen-bond acceptors (Lipinski definition) is 2. The van der Waals surface area contributed by atoms with Crippen LogP contribution in [0.5, 0.6) is 0 Å². The van der Waals surface area contributed by atoms with Crippen molar-refractivity contribution >= 4 is 12.7 Å². The summed E-state index contributed by atoms with van der Waals surface area (Å²) < 4.78 is 6.12. The van der Waals surface area contributed by atoms with Crippen molar-refractivity contribution in [3.63, 3.8) is 0 Å². The molecule has 0 aliphatic rings. The summed E-state index contributed by atoms with van der Waals surface area (Å²) in [6.45, 7) is 8.41. The van der Waals surface area contributed by atoms with E-state index in [1.807, 2.05) is 44.2 Å². The van der Waals surface area contributed by atoms with Gasteiger partial charge in [0.25, 0.3) is 0 Å². The first-order valence-corrected chi connectivity index (χ1v) is 8.54. The van der Waals surface area contributed by atoms with Crippen LogP contribution < -0.4 is 0 Å². The van der Waals surface area contributed by atoms with E-state index in [9.17, 15) is 4.79 Å². The van der Waals surface area contributed by atoms with E-state index in [4.69, 9.17) is 4.65 Å². The summed E-state index contributed by atoms with van der Waals surface area (Å²) in [4.78, 5) is 12.5. The molecule has 120 valence electrons. The number of Topliss-reactive ketones (excluding diaryl/α,β-unsaturated/α-hetero) is 1. The molecule has 1 aromatic rings. The van der Waals surface area contributed by atoms with E-state index < -0.39 is 0 Å². The molecule has 0 aromatic heterocycles. The maximum absolute atomic E-state index is 12.5. The fraction of sp³-hybridized carbons (Fsp3) is 0.526. The molecular formula is C19H29BO2. The van der Waals surface area contributed by atoms with Crippen molar-refractivity contribution in [3.05, 3.63) is 47.2 Å². The highest BCUT2D eigenvalue weighted by Gasteiger charge is 2.19. The fourth-order valence-electron chi connectivity index (χ4n) is 2.43. The van der Waals surface area contributed by atoms with Gasteiger partial charge in [-0.1, -0.05) is 69.9 Å². The summed E-state index contributed by atoms with van der Waals surface area (Å²) >= 11 is 0. The fourth-order valence-corrected chi connectivity index (χ4v) is 2.43. The zero-order valence-electron chi connectivity index (χ0n) is 14.5. The topological polar surface area (TPSA) is 26.3 Å². The zero-order chi connectivity index (χ0) is 16.4. The van der Waals surface area contributed by atoms with Gasteiger partial charge in [0.15, 0.2) is 5.78 Å². The average molecular weight is 300 g/mol. The second-order valence-corrected chi connectivity index (χ2v) is 5.90. The van der Waals surface area contributed by atoms with Crippen LogP contribution in [0.3, 0.4) is 0 Å². The van der Waals surface area contributed by atoms with Crippen molar-refractivity contribution < 1.29 is 9.45 Å². The van der Waals surface area contributed by atoms with Gasteiger partial charge in [-0.2, -0.15) is 0 Å². The highest BCUT2D eigenvalue weighted by molar-refractivity contribution is 6.52. The van der Waals surface area contributed by atoms with E-state index in [-0.39, 0.29) is 12.7 Å². The summed E-state index contributed by atoms with van der Waals surface area (Å²) in [5.74, 6) is 0.828. The van der Waals surface area contributed by atoms with Crippen molar-refractivity contribution in [2.45, 2.75) is 66.0 Å². The molecule has 2 nitrogen and oxygen atoms in total. The lowest BCUT2D eigenvalue weighted by atomic mass is 9.59. The SMILES string of the molecule is CCCCB(CCCC)OC(C)=C(C)C(=O)c1ccccc1. The van der Waals surface area contributed by atoms with Gasteiger partial charge in [0.2, 0.25) is 0 Å². The van der Waals surface area contributed by atoms with Gasteiger partial charge in [0, 0.05) is 11.1 Å². The van der Waals surface area contributed by atoms with Gasteiger partial charge < -0.3 is 4.65 Å². The minimum absolute atomic E-state index is 0.0582. The third-order valence-electron chi connectivity index (χ3n) is 4.01. The van der Waals surface area contributed by atoms with Gasteiger partial charge >= 0.3 is 6.92 Å². The number of ketones is 1. The first-order chi connectivity index (χ1) is 10.6. The Balaban J connectivity index is 2.76. The van der Waals surface area contributed by atoms with E-state index in [1.54, 1.807) is 0 Å². The molecule has 0 bridgehead atoms. The molecular weight excluding hydrogens is 271 g/mol. The van der Waals surface area contributed by atoms with Gasteiger partial charge in [-0.15, -0.1) is 0 Å². The number of rotatable bonds is 10. The highest BCUT2D eigenvalue weighted by atomic mass is 16.4. The van der Waals surface area contributed by atoms with Crippen LogP contribution in [0.25, 0.3) is 0 Å². The lowest BCUT2D eigenvalue weighted by molar-refractivity contribution is 0.103. The molecule has 0 amide bonds. The maximum atomic E-state index is 12.5. The molecule has 0 aliphatic heterocycles. The first kappa shape index (κ1) is 18.5. The van der Waals surface area contributed by atoms with Crippen molar-refractivity contribution in [1.82, 2.24) is 0 Å². The molecule has 1 aromatic carbocycles. The second kappa shape index (κ2) is 10.3. The molecule has 0 N–H and O–H groups in total. The van der Waals surface area contributed by atoms with E-state index in [2.05, 4.69) is 13.8 Å². The predicted molar refractivity (Wildman–Crippen MR) is 95.4 cm³/mol. The van der Waals surface area contributed by atoms with Crippen LogP contribution in [0.1, 0.15) is 63.7 Å². The Hall–Kier alpha value is -1.51. The molecule has 3 heteroatoms. The van der Waals surface area contributed by atoms with Crippen LogP contribution in [0, 0.1) is 0 Å². The quantitative estimate of drug-likeness (QED) is 0.237. The Bertz CT molecular complexity index is 471. The third kappa shape index (κ3) is 6.09. The Morgan fingerprint density at radius 2 is 1.55 bits per heavy atom. The Morgan fingerprint density at radius 1 is 1.00 bits per heavy atom. The Morgan fingerprint density at radius 3 is 2.05 bits per heavy atom. The highest BCUT2D eigenvalue weighted by Crippen LogP contribution is 2.18. The third-order valence-corrected chi connectivity index (χ3v) is 4.01. The lowest BCUT2D eigenvalue weighted by Crippen LogP contribution is -2.18. The van der Waals surface area contributed by atoms with Gasteiger partial charge in [-0.25, -0.2) is 0 Å². The Labute approximate surface area is 136 Å². The van der Waals surface area contributed by atoms with Crippen LogP contribution in [0.4, 0.5) is 0 Å². The maximum Gasteiger partial charge on any atom is 0.357 e. The minimum Gasteiger partial charge on any atom is -0.564 e. The van der Waals surface area contributed by atoms with Gasteiger partial charge in [0.1, 0.15) is 0 Å². The molecule has 1 rings (SSSR count). The van der Waals surface area contributed by atoms with Gasteiger partial charge in [0.05, 0.1) is 5.76 Å². The number of carbonyl (C=O) groups is 1. The van der Waals surface area contributed by atoms with Crippen LogP contribution in [-0.4, -0.2) is 12.7 Å². The van der Waals surface area contributed by atoms with E-state index in [1.165, 1.54) is 25.7 Å². The molecule has 0 heterocycles. The van der Waals surface area contributed by atoms with Crippen molar-refractivity contribution in [2.75, 3.05) is 0 Å². The Kier molecular flexibility index (Phi) is 8.65. The summed E-state index contributed by atoms with van der Waals surface area (Å²) in [7, 11) is 0. The van der Waals surface area contributed by atoms with Crippen molar-refractivity contribution in [2.24, 2.45) is 0 Å². The summed E-state index contributed by atoms with van der Waals surface area (Å²) in [6.07, 6.45) is 6.84. The molecule has 0 spiro atoms. The molecule has 0 unspecified atom stereocenters. The van der Waals surface area contributed by atoms with Crippen molar-refractivity contribution in [1.29, 1.82) is 0 Å². The number of allylic oxidation sites excluding steroid dienone is 2. The molecule has 0 saturated heterocycles. The predicted octanol–water partition coefficient (Wildman–Crippen LogP) is 5.77.